The number of nitrogens with zero attached hydrogens (tertiary/aromatic N) is 4. The van der Waals surface area contributed by atoms with Gasteiger partial charge < -0.3 is 4.90 Å². The van der Waals surface area contributed by atoms with Gasteiger partial charge in [-0.25, -0.2) is 8.42 Å². The first kappa shape index (κ1) is 16.4. The van der Waals surface area contributed by atoms with Crippen LogP contribution in [-0.4, -0.2) is 48.0 Å². The van der Waals surface area contributed by atoms with E-state index in [2.05, 4.69) is 9.39 Å². The Morgan fingerprint density at radius 1 is 1.33 bits per heavy atom. The van der Waals surface area contributed by atoms with Crippen LogP contribution in [0.15, 0.2) is 57.7 Å². The highest BCUT2D eigenvalue weighted by Gasteiger charge is 2.30. The molecular formula is C16H18N4O3S. The quantitative estimate of drug-likeness (QED) is 0.798. The molecular weight excluding hydrogens is 328 g/mol. The van der Waals surface area contributed by atoms with Crippen molar-refractivity contribution in [1.82, 2.24) is 9.47 Å². The lowest BCUT2D eigenvalue weighted by Gasteiger charge is -2.28. The smallest absolute Gasteiger partial charge is 0.267 e. The minimum absolute atomic E-state index is 0.0237. The van der Waals surface area contributed by atoms with E-state index in [0.717, 1.165) is 0 Å². The summed E-state index contributed by atoms with van der Waals surface area (Å²) >= 11 is 0. The number of amidine groups is 1. The van der Waals surface area contributed by atoms with E-state index in [4.69, 9.17) is 0 Å². The van der Waals surface area contributed by atoms with Crippen molar-refractivity contribution in [2.75, 3.05) is 12.3 Å². The number of sulfonamides is 1. The van der Waals surface area contributed by atoms with Gasteiger partial charge in [-0.2, -0.15) is 0 Å². The molecule has 0 N–H and O–H groups in total. The molecule has 0 spiro atoms. The van der Waals surface area contributed by atoms with E-state index in [1.807, 2.05) is 13.8 Å². The number of hydrogen-bond acceptors (Lipinski definition) is 5. The van der Waals surface area contributed by atoms with Crippen molar-refractivity contribution < 1.29 is 13.2 Å². The van der Waals surface area contributed by atoms with Crippen molar-refractivity contribution in [2.45, 2.75) is 19.9 Å². The zero-order valence-corrected chi connectivity index (χ0v) is 14.3. The standard InChI is InChI=1S/C16H18N4O3S/c1-12(2)17-14-7-3-4-9-20(14)16(21)13-6-5-8-19-10-11-24(22,23)18-15(13)19/h3-9,12H,10-11H2,1-2H3. The third kappa shape index (κ3) is 3.23. The van der Waals surface area contributed by atoms with E-state index < -0.39 is 10.0 Å². The van der Waals surface area contributed by atoms with E-state index in [-0.39, 0.29) is 35.7 Å². The van der Waals surface area contributed by atoms with Crippen LogP contribution in [0.5, 0.6) is 0 Å². The van der Waals surface area contributed by atoms with Crippen LogP contribution in [0.2, 0.25) is 0 Å². The summed E-state index contributed by atoms with van der Waals surface area (Å²) < 4.78 is 28.8. The average molecular weight is 346 g/mol. The van der Waals surface area contributed by atoms with Crippen molar-refractivity contribution in [3.63, 3.8) is 0 Å². The van der Waals surface area contributed by atoms with Crippen LogP contribution in [-0.2, 0) is 10.0 Å². The van der Waals surface area contributed by atoms with Crippen molar-refractivity contribution in [1.29, 1.82) is 0 Å². The number of fused-ring (bicyclic) bond motifs is 1. The maximum atomic E-state index is 13.0. The molecule has 0 atom stereocenters. The second-order valence-corrected chi connectivity index (χ2v) is 7.53. The molecule has 8 heteroatoms. The number of allylic oxidation sites excluding steroid dienone is 2. The van der Waals surface area contributed by atoms with Crippen LogP contribution in [0.4, 0.5) is 0 Å². The van der Waals surface area contributed by atoms with Gasteiger partial charge >= 0.3 is 0 Å². The normalized spacial score (nSPS) is 19.8. The highest BCUT2D eigenvalue weighted by molar-refractivity contribution is 7.90. The lowest BCUT2D eigenvalue weighted by atomic mass is 10.1. The zero-order valence-electron chi connectivity index (χ0n) is 13.5. The summed E-state index contributed by atoms with van der Waals surface area (Å²) in [5.74, 6) is -0.254. The van der Waals surface area contributed by atoms with Gasteiger partial charge in [0.15, 0.2) is 5.84 Å². The second kappa shape index (κ2) is 6.20. The Kier molecular flexibility index (Phi) is 4.23. The molecule has 126 valence electrons. The molecule has 7 nitrogen and oxygen atoms in total. The monoisotopic (exact) mass is 346 g/mol. The molecule has 0 amide bonds. The van der Waals surface area contributed by atoms with Gasteiger partial charge in [0.25, 0.3) is 15.9 Å². The molecule has 0 fully saturated rings. The number of carbonyl (C=O) groups excluding carboxylic acids is 1. The van der Waals surface area contributed by atoms with Crippen molar-refractivity contribution >= 4 is 21.8 Å². The second-order valence-electron chi connectivity index (χ2n) is 5.77. The molecule has 24 heavy (non-hydrogen) atoms. The first-order valence-electron chi connectivity index (χ1n) is 7.62. The Morgan fingerprint density at radius 3 is 2.88 bits per heavy atom. The molecule has 2 aliphatic rings. The molecule has 0 saturated heterocycles. The van der Waals surface area contributed by atoms with Crippen LogP contribution in [0.3, 0.4) is 0 Å². The molecule has 0 radical (unpaired) electrons. The Labute approximate surface area is 140 Å². The first-order valence-corrected chi connectivity index (χ1v) is 9.23. The summed E-state index contributed by atoms with van der Waals surface area (Å²) in [4.78, 5) is 19.1. The minimum Gasteiger partial charge on any atom is -0.331 e. The first-order chi connectivity index (χ1) is 11.4. The van der Waals surface area contributed by atoms with E-state index in [9.17, 15) is 13.2 Å². The van der Waals surface area contributed by atoms with E-state index in [1.165, 1.54) is 4.57 Å². The molecule has 0 aromatic carbocycles. The zero-order chi connectivity index (χ0) is 17.3. The highest BCUT2D eigenvalue weighted by atomic mass is 32.2. The third-order valence-corrected chi connectivity index (χ3v) is 4.69. The number of carbonyl (C=O) groups is 1. The lowest BCUT2D eigenvalue weighted by Crippen LogP contribution is -2.42. The van der Waals surface area contributed by atoms with Gasteiger partial charge in [-0.15, -0.1) is 4.40 Å². The molecule has 1 aromatic heterocycles. The van der Waals surface area contributed by atoms with E-state index >= 15 is 0 Å². The summed E-state index contributed by atoms with van der Waals surface area (Å²) in [7, 11) is -3.54. The van der Waals surface area contributed by atoms with Crippen molar-refractivity contribution in [2.24, 2.45) is 9.39 Å². The van der Waals surface area contributed by atoms with Crippen LogP contribution in [0.25, 0.3) is 0 Å². The van der Waals surface area contributed by atoms with Crippen LogP contribution in [0.1, 0.15) is 18.6 Å². The summed E-state index contributed by atoms with van der Waals surface area (Å²) in [6.07, 6.45) is 6.63. The fourth-order valence-electron chi connectivity index (χ4n) is 2.49. The molecule has 2 aliphatic heterocycles. The Bertz CT molecular complexity index is 936. The Morgan fingerprint density at radius 2 is 2.12 bits per heavy atom. The Hall–Kier alpha value is -2.48. The van der Waals surface area contributed by atoms with Crippen LogP contribution < -0.4 is 5.49 Å². The van der Waals surface area contributed by atoms with Crippen molar-refractivity contribution in [3.05, 3.63) is 53.8 Å². The number of aromatic nitrogens is 1. The molecule has 0 saturated carbocycles. The van der Waals surface area contributed by atoms with E-state index in [0.29, 0.717) is 5.49 Å². The highest BCUT2D eigenvalue weighted by Crippen LogP contribution is 2.18. The topological polar surface area (TPSA) is 84.1 Å². The van der Waals surface area contributed by atoms with Gasteiger partial charge in [-0.05, 0) is 38.1 Å². The van der Waals surface area contributed by atoms with E-state index in [1.54, 1.807) is 47.6 Å². The van der Waals surface area contributed by atoms with Crippen LogP contribution in [0, 0.1) is 0 Å². The minimum atomic E-state index is -3.54. The van der Waals surface area contributed by atoms with Crippen molar-refractivity contribution in [3.8, 4) is 0 Å². The van der Waals surface area contributed by atoms with Gasteiger partial charge in [0, 0.05) is 25.0 Å². The molecule has 0 unspecified atom stereocenters. The maximum absolute atomic E-state index is 13.0. The average Bonchev–Trinajstić information content (AvgIpc) is 2.53. The van der Waals surface area contributed by atoms with Gasteiger partial charge in [-0.3, -0.25) is 14.4 Å². The molecule has 3 rings (SSSR count). The Balaban J connectivity index is 2.10. The largest absolute Gasteiger partial charge is 0.331 e. The number of hydrogen-bond donors (Lipinski definition) is 0. The third-order valence-electron chi connectivity index (χ3n) is 3.54. The fourth-order valence-corrected chi connectivity index (χ4v) is 3.47. The predicted molar refractivity (Wildman–Crippen MR) is 90.9 cm³/mol. The number of pyridine rings is 1. The maximum Gasteiger partial charge on any atom is 0.267 e. The number of rotatable bonds is 2. The molecule has 0 aliphatic carbocycles. The SMILES string of the molecule is CC(C)N=c1ccccn1C(=O)C1=CC=CN2CCS(=O)(=O)N=C12. The van der Waals surface area contributed by atoms with Gasteiger partial charge in [-0.1, -0.05) is 6.07 Å². The van der Waals surface area contributed by atoms with Crippen LogP contribution >= 0.6 is 0 Å². The fraction of sp³-hybridized carbons (Fsp3) is 0.312. The summed E-state index contributed by atoms with van der Waals surface area (Å²) in [5.41, 5.74) is 0.746. The van der Waals surface area contributed by atoms with Gasteiger partial charge in [0.1, 0.15) is 5.49 Å². The lowest BCUT2D eigenvalue weighted by molar-refractivity contribution is 0.0955. The summed E-state index contributed by atoms with van der Waals surface area (Å²) in [6.45, 7) is 4.12. The predicted octanol–water partition coefficient (Wildman–Crippen LogP) is 0.935. The van der Waals surface area contributed by atoms with Gasteiger partial charge in [0.05, 0.1) is 11.3 Å². The molecule has 3 heterocycles. The summed E-state index contributed by atoms with van der Waals surface area (Å²) in [5, 5.41) is 0. The summed E-state index contributed by atoms with van der Waals surface area (Å²) in [6, 6.07) is 5.30. The van der Waals surface area contributed by atoms with Gasteiger partial charge in [0.2, 0.25) is 0 Å². The molecule has 0 bridgehead atoms. The molecule has 1 aromatic rings.